The average Bonchev–Trinajstić information content (AvgIpc) is 2.23. The Balaban J connectivity index is 2.54. The number of alkyl halides is 3. The van der Waals surface area contributed by atoms with E-state index in [4.69, 9.17) is 0 Å². The van der Waals surface area contributed by atoms with Crippen LogP contribution in [0.25, 0.3) is 0 Å². The number of nitrogens with one attached hydrogen (secondary N) is 1. The van der Waals surface area contributed by atoms with Crippen molar-refractivity contribution in [2.24, 2.45) is 5.41 Å². The SMILES string of the molecule is CC(C)(C)CCNCc1ccccc1OC(F)(F)F. The lowest BCUT2D eigenvalue weighted by Gasteiger charge is -2.18. The molecule has 0 radical (unpaired) electrons. The first-order valence-electron chi connectivity index (χ1n) is 6.22. The van der Waals surface area contributed by atoms with E-state index in [0.717, 1.165) is 13.0 Å². The predicted molar refractivity (Wildman–Crippen MR) is 68.9 cm³/mol. The molecule has 0 aliphatic rings. The fraction of sp³-hybridized carbons (Fsp3) is 0.571. The van der Waals surface area contributed by atoms with Crippen LogP contribution in [0.4, 0.5) is 13.2 Å². The van der Waals surface area contributed by atoms with Crippen LogP contribution in [0.2, 0.25) is 0 Å². The first kappa shape index (κ1) is 15.8. The molecule has 0 aliphatic heterocycles. The largest absolute Gasteiger partial charge is 0.573 e. The van der Waals surface area contributed by atoms with Crippen molar-refractivity contribution < 1.29 is 17.9 Å². The standard InChI is InChI=1S/C14H20F3NO/c1-13(2,3)8-9-18-10-11-6-4-5-7-12(11)19-14(15,16)17/h4-7,18H,8-10H2,1-3H3. The third kappa shape index (κ3) is 7.06. The number of rotatable bonds is 5. The quantitative estimate of drug-likeness (QED) is 0.816. The molecule has 0 bridgehead atoms. The van der Waals surface area contributed by atoms with Gasteiger partial charge in [-0.3, -0.25) is 0 Å². The van der Waals surface area contributed by atoms with Crippen LogP contribution in [0, 0.1) is 5.41 Å². The van der Waals surface area contributed by atoms with Crippen LogP contribution < -0.4 is 10.1 Å². The van der Waals surface area contributed by atoms with Crippen molar-refractivity contribution in [2.45, 2.75) is 40.1 Å². The Bertz CT molecular complexity index is 396. The fourth-order valence-electron chi connectivity index (χ4n) is 1.56. The van der Waals surface area contributed by atoms with Gasteiger partial charge in [0.05, 0.1) is 0 Å². The summed E-state index contributed by atoms with van der Waals surface area (Å²) in [6.45, 7) is 7.48. The lowest BCUT2D eigenvalue weighted by Crippen LogP contribution is -2.22. The van der Waals surface area contributed by atoms with E-state index in [0.29, 0.717) is 12.1 Å². The zero-order valence-corrected chi connectivity index (χ0v) is 11.5. The first-order valence-corrected chi connectivity index (χ1v) is 6.22. The number of ether oxygens (including phenoxy) is 1. The number of halogens is 3. The van der Waals surface area contributed by atoms with E-state index in [9.17, 15) is 13.2 Å². The summed E-state index contributed by atoms with van der Waals surface area (Å²) in [6.07, 6.45) is -3.70. The van der Waals surface area contributed by atoms with E-state index in [2.05, 4.69) is 30.8 Å². The topological polar surface area (TPSA) is 21.3 Å². The highest BCUT2D eigenvalue weighted by molar-refractivity contribution is 5.33. The summed E-state index contributed by atoms with van der Waals surface area (Å²) in [6, 6.07) is 6.18. The van der Waals surface area contributed by atoms with Crippen molar-refractivity contribution in [3.8, 4) is 5.75 Å². The summed E-state index contributed by atoms with van der Waals surface area (Å²) in [7, 11) is 0. The Morgan fingerprint density at radius 2 is 1.74 bits per heavy atom. The van der Waals surface area contributed by atoms with Crippen molar-refractivity contribution >= 4 is 0 Å². The van der Waals surface area contributed by atoms with Gasteiger partial charge in [0.25, 0.3) is 0 Å². The van der Waals surface area contributed by atoms with Crippen molar-refractivity contribution in [3.63, 3.8) is 0 Å². The van der Waals surface area contributed by atoms with Gasteiger partial charge < -0.3 is 10.1 Å². The van der Waals surface area contributed by atoms with Crippen LogP contribution in [-0.2, 0) is 6.54 Å². The maximum absolute atomic E-state index is 12.2. The van der Waals surface area contributed by atoms with Gasteiger partial charge in [0.2, 0.25) is 0 Å². The second-order valence-electron chi connectivity index (χ2n) is 5.64. The minimum Gasteiger partial charge on any atom is -0.405 e. The maximum atomic E-state index is 12.2. The molecule has 1 aromatic carbocycles. The zero-order valence-electron chi connectivity index (χ0n) is 11.5. The van der Waals surface area contributed by atoms with Crippen LogP contribution in [0.15, 0.2) is 24.3 Å². The Morgan fingerprint density at radius 3 is 2.32 bits per heavy atom. The van der Waals surface area contributed by atoms with Crippen LogP contribution in [0.5, 0.6) is 5.75 Å². The number of hydrogen-bond acceptors (Lipinski definition) is 2. The Kier molecular flexibility index (Phi) is 5.23. The van der Waals surface area contributed by atoms with Crippen LogP contribution in [-0.4, -0.2) is 12.9 Å². The van der Waals surface area contributed by atoms with Crippen LogP contribution in [0.3, 0.4) is 0 Å². The van der Waals surface area contributed by atoms with E-state index >= 15 is 0 Å². The number of para-hydroxylation sites is 1. The second-order valence-corrected chi connectivity index (χ2v) is 5.64. The maximum Gasteiger partial charge on any atom is 0.573 e. The monoisotopic (exact) mass is 275 g/mol. The molecule has 0 fully saturated rings. The third-order valence-electron chi connectivity index (χ3n) is 2.57. The molecule has 19 heavy (non-hydrogen) atoms. The number of benzene rings is 1. The molecule has 2 nitrogen and oxygen atoms in total. The Morgan fingerprint density at radius 1 is 1.11 bits per heavy atom. The molecule has 1 aromatic rings. The molecular formula is C14H20F3NO. The molecule has 0 amide bonds. The molecule has 0 aliphatic carbocycles. The molecule has 0 heterocycles. The van der Waals surface area contributed by atoms with Crippen molar-refractivity contribution in [1.29, 1.82) is 0 Å². The highest BCUT2D eigenvalue weighted by atomic mass is 19.4. The van der Waals surface area contributed by atoms with Gasteiger partial charge in [-0.15, -0.1) is 13.2 Å². The summed E-state index contributed by atoms with van der Waals surface area (Å²) in [5.74, 6) is -0.141. The van der Waals surface area contributed by atoms with E-state index in [1.807, 2.05) is 0 Å². The van der Waals surface area contributed by atoms with Gasteiger partial charge in [0.1, 0.15) is 5.75 Å². The molecule has 0 atom stereocenters. The van der Waals surface area contributed by atoms with Crippen molar-refractivity contribution in [1.82, 2.24) is 5.32 Å². The predicted octanol–water partition coefficient (Wildman–Crippen LogP) is 4.11. The van der Waals surface area contributed by atoms with Gasteiger partial charge in [0, 0.05) is 12.1 Å². The molecule has 0 spiro atoms. The second kappa shape index (κ2) is 6.28. The van der Waals surface area contributed by atoms with Gasteiger partial charge in [0.15, 0.2) is 0 Å². The fourth-order valence-corrected chi connectivity index (χ4v) is 1.56. The van der Waals surface area contributed by atoms with Gasteiger partial charge in [-0.2, -0.15) is 0 Å². The molecular weight excluding hydrogens is 255 g/mol. The molecule has 0 unspecified atom stereocenters. The molecule has 0 saturated heterocycles. The van der Waals surface area contributed by atoms with Crippen LogP contribution >= 0.6 is 0 Å². The van der Waals surface area contributed by atoms with Crippen molar-refractivity contribution in [2.75, 3.05) is 6.54 Å². The molecule has 1 N–H and O–H groups in total. The normalized spacial score (nSPS) is 12.5. The minimum atomic E-state index is -4.65. The van der Waals surface area contributed by atoms with Gasteiger partial charge in [-0.25, -0.2) is 0 Å². The average molecular weight is 275 g/mol. The molecule has 1 rings (SSSR count). The molecule has 5 heteroatoms. The summed E-state index contributed by atoms with van der Waals surface area (Å²) >= 11 is 0. The lowest BCUT2D eigenvalue weighted by molar-refractivity contribution is -0.274. The zero-order chi connectivity index (χ0) is 14.5. The Hall–Kier alpha value is -1.23. The minimum absolute atomic E-state index is 0.141. The van der Waals surface area contributed by atoms with Crippen LogP contribution in [0.1, 0.15) is 32.8 Å². The number of hydrogen-bond donors (Lipinski definition) is 1. The summed E-state index contributed by atoms with van der Waals surface area (Å²) in [5.41, 5.74) is 0.711. The molecule has 0 saturated carbocycles. The summed E-state index contributed by atoms with van der Waals surface area (Å²) in [4.78, 5) is 0. The van der Waals surface area contributed by atoms with E-state index in [1.54, 1.807) is 12.1 Å². The van der Waals surface area contributed by atoms with Crippen molar-refractivity contribution in [3.05, 3.63) is 29.8 Å². The first-order chi connectivity index (χ1) is 8.67. The highest BCUT2D eigenvalue weighted by Gasteiger charge is 2.31. The molecule has 108 valence electrons. The summed E-state index contributed by atoms with van der Waals surface area (Å²) < 4.78 is 40.7. The van der Waals surface area contributed by atoms with E-state index in [1.165, 1.54) is 12.1 Å². The van der Waals surface area contributed by atoms with E-state index in [-0.39, 0.29) is 11.2 Å². The van der Waals surface area contributed by atoms with Gasteiger partial charge >= 0.3 is 6.36 Å². The Labute approximate surface area is 112 Å². The highest BCUT2D eigenvalue weighted by Crippen LogP contribution is 2.26. The smallest absolute Gasteiger partial charge is 0.405 e. The third-order valence-corrected chi connectivity index (χ3v) is 2.57. The molecule has 0 aromatic heterocycles. The van der Waals surface area contributed by atoms with Gasteiger partial charge in [-0.05, 0) is 24.4 Å². The lowest BCUT2D eigenvalue weighted by atomic mass is 9.92. The summed E-state index contributed by atoms with van der Waals surface area (Å²) in [5, 5.41) is 3.14. The van der Waals surface area contributed by atoms with E-state index < -0.39 is 6.36 Å². The van der Waals surface area contributed by atoms with Gasteiger partial charge in [-0.1, -0.05) is 39.0 Å².